The fourth-order valence-corrected chi connectivity index (χ4v) is 5.19. The van der Waals surface area contributed by atoms with Gasteiger partial charge in [0.1, 0.15) is 0 Å². The van der Waals surface area contributed by atoms with Crippen molar-refractivity contribution < 1.29 is 13.2 Å². The number of carbonyl (C=O) groups is 1. The Morgan fingerprint density at radius 3 is 3.06 bits per heavy atom. The number of thioether (sulfide) groups is 1. The molecule has 6 nitrogen and oxygen atoms in total. The minimum atomic E-state index is -2.86. The molecule has 1 aliphatic heterocycles. The summed E-state index contributed by atoms with van der Waals surface area (Å²) in [6.07, 6.45) is 3.86. The van der Waals surface area contributed by atoms with Gasteiger partial charge in [-0.15, -0.1) is 11.8 Å². The van der Waals surface area contributed by atoms with E-state index in [1.807, 2.05) is 0 Å². The van der Waals surface area contributed by atoms with Crippen LogP contribution in [-0.4, -0.2) is 46.8 Å². The first kappa shape index (κ1) is 13.4. The van der Waals surface area contributed by atoms with Crippen LogP contribution < -0.4 is 5.32 Å². The first-order valence-electron chi connectivity index (χ1n) is 5.61. The zero-order valence-corrected chi connectivity index (χ0v) is 11.4. The van der Waals surface area contributed by atoms with E-state index in [0.29, 0.717) is 18.7 Å². The third-order valence-corrected chi connectivity index (χ3v) is 5.95. The van der Waals surface area contributed by atoms with Crippen LogP contribution >= 0.6 is 11.8 Å². The van der Waals surface area contributed by atoms with Gasteiger partial charge in [0.15, 0.2) is 9.84 Å². The van der Waals surface area contributed by atoms with E-state index in [2.05, 4.69) is 15.3 Å². The number of carbonyl (C=O) groups excluding carboxylic acids is 1. The van der Waals surface area contributed by atoms with Crippen LogP contribution in [0.4, 0.5) is 0 Å². The fraction of sp³-hybridized carbons (Fsp3) is 0.600. The molecule has 0 aromatic carbocycles. The molecule has 18 heavy (non-hydrogen) atoms. The molecule has 0 radical (unpaired) electrons. The van der Waals surface area contributed by atoms with Gasteiger partial charge >= 0.3 is 0 Å². The molecule has 2 heterocycles. The average Bonchev–Trinajstić information content (AvgIpc) is 2.93. The highest BCUT2D eigenvalue weighted by Crippen LogP contribution is 2.23. The monoisotopic (exact) mass is 289 g/mol. The first-order valence-corrected chi connectivity index (χ1v) is 8.48. The van der Waals surface area contributed by atoms with Crippen molar-refractivity contribution in [2.24, 2.45) is 0 Å². The number of nitrogens with zero attached hydrogens (tertiary/aromatic N) is 1. The van der Waals surface area contributed by atoms with Crippen molar-refractivity contribution in [1.29, 1.82) is 0 Å². The van der Waals surface area contributed by atoms with E-state index in [1.165, 1.54) is 11.8 Å². The smallest absolute Gasteiger partial charge is 0.230 e. The molecular formula is C10H15N3O3S2. The van der Waals surface area contributed by atoms with Crippen LogP contribution in [0.2, 0.25) is 0 Å². The summed E-state index contributed by atoms with van der Waals surface area (Å²) in [6, 6.07) is 0. The van der Waals surface area contributed by atoms with Gasteiger partial charge in [0, 0.05) is 11.4 Å². The second kappa shape index (κ2) is 5.75. The highest BCUT2D eigenvalue weighted by Gasteiger charge is 2.28. The Labute approximate surface area is 110 Å². The van der Waals surface area contributed by atoms with E-state index in [0.717, 1.165) is 5.69 Å². The fourth-order valence-electron chi connectivity index (χ4n) is 1.71. The van der Waals surface area contributed by atoms with Crippen LogP contribution in [0.5, 0.6) is 0 Å². The lowest BCUT2D eigenvalue weighted by Crippen LogP contribution is -2.25. The average molecular weight is 289 g/mol. The summed E-state index contributed by atoms with van der Waals surface area (Å²) >= 11 is 1.41. The van der Waals surface area contributed by atoms with Gasteiger partial charge in [-0.05, 0) is 6.42 Å². The van der Waals surface area contributed by atoms with Crippen LogP contribution in [-0.2, 0) is 21.2 Å². The Hall–Kier alpha value is -1.02. The summed E-state index contributed by atoms with van der Waals surface area (Å²) in [4.78, 5) is 18.3. The van der Waals surface area contributed by atoms with Gasteiger partial charge < -0.3 is 10.3 Å². The Balaban J connectivity index is 1.66. The SMILES string of the molecule is O=C(CSC1CCS(=O)(=O)C1)NCc1cnc[nH]1. The molecule has 100 valence electrons. The van der Waals surface area contributed by atoms with Gasteiger partial charge in [0.25, 0.3) is 0 Å². The third kappa shape index (κ3) is 4.02. The lowest BCUT2D eigenvalue weighted by atomic mass is 10.4. The van der Waals surface area contributed by atoms with E-state index in [-0.39, 0.29) is 22.7 Å². The Morgan fingerprint density at radius 2 is 2.44 bits per heavy atom. The lowest BCUT2D eigenvalue weighted by Gasteiger charge is -2.07. The zero-order chi connectivity index (χ0) is 13.0. The highest BCUT2D eigenvalue weighted by atomic mass is 32.2. The van der Waals surface area contributed by atoms with Crippen molar-refractivity contribution in [2.45, 2.75) is 18.2 Å². The van der Waals surface area contributed by atoms with E-state index in [4.69, 9.17) is 0 Å². The van der Waals surface area contributed by atoms with Crippen molar-refractivity contribution in [3.63, 3.8) is 0 Å². The molecule has 1 saturated heterocycles. The summed E-state index contributed by atoms with van der Waals surface area (Å²) in [6.45, 7) is 0.419. The van der Waals surface area contributed by atoms with Crippen molar-refractivity contribution in [2.75, 3.05) is 17.3 Å². The number of hydrogen-bond acceptors (Lipinski definition) is 5. The summed E-state index contributed by atoms with van der Waals surface area (Å²) < 4.78 is 22.5. The lowest BCUT2D eigenvalue weighted by molar-refractivity contribution is -0.118. The van der Waals surface area contributed by atoms with Gasteiger partial charge in [-0.25, -0.2) is 13.4 Å². The number of sulfone groups is 1. The standard InChI is InChI=1S/C10H15N3O3S2/c14-10(12-4-8-3-11-7-13-8)5-17-9-1-2-18(15,16)6-9/h3,7,9H,1-2,4-6H2,(H,11,13)(H,12,14). The quantitative estimate of drug-likeness (QED) is 0.792. The molecule has 1 atom stereocenters. The predicted molar refractivity (Wildman–Crippen MR) is 70.0 cm³/mol. The van der Waals surface area contributed by atoms with Crippen molar-refractivity contribution >= 4 is 27.5 Å². The Kier molecular flexibility index (Phi) is 4.28. The third-order valence-electron chi connectivity index (χ3n) is 2.67. The molecule has 1 amide bonds. The number of H-pyrrole nitrogens is 1. The number of amides is 1. The molecule has 0 spiro atoms. The molecule has 1 aliphatic rings. The van der Waals surface area contributed by atoms with Gasteiger partial charge in [-0.1, -0.05) is 0 Å². The molecular weight excluding hydrogens is 274 g/mol. The molecule has 1 aromatic rings. The molecule has 8 heteroatoms. The number of nitrogens with one attached hydrogen (secondary N) is 2. The second-order valence-corrected chi connectivity index (χ2v) is 7.71. The Morgan fingerprint density at radius 1 is 1.61 bits per heavy atom. The minimum Gasteiger partial charge on any atom is -0.350 e. The van der Waals surface area contributed by atoms with E-state index < -0.39 is 9.84 Å². The maximum Gasteiger partial charge on any atom is 0.230 e. The first-order chi connectivity index (χ1) is 8.55. The van der Waals surface area contributed by atoms with E-state index in [1.54, 1.807) is 12.5 Å². The summed E-state index contributed by atoms with van der Waals surface area (Å²) in [5.74, 6) is 0.666. The molecule has 2 N–H and O–H groups in total. The van der Waals surface area contributed by atoms with Crippen LogP contribution in [0.1, 0.15) is 12.1 Å². The molecule has 1 fully saturated rings. The van der Waals surface area contributed by atoms with Crippen LogP contribution in [0, 0.1) is 0 Å². The largest absolute Gasteiger partial charge is 0.350 e. The van der Waals surface area contributed by atoms with E-state index >= 15 is 0 Å². The molecule has 2 rings (SSSR count). The normalized spacial score (nSPS) is 21.9. The number of hydrogen-bond donors (Lipinski definition) is 2. The summed E-state index contributed by atoms with van der Waals surface area (Å²) in [5.41, 5.74) is 0.844. The van der Waals surface area contributed by atoms with Crippen molar-refractivity contribution in [3.8, 4) is 0 Å². The maximum atomic E-state index is 11.5. The van der Waals surface area contributed by atoms with Crippen LogP contribution in [0.15, 0.2) is 12.5 Å². The van der Waals surface area contributed by atoms with Gasteiger partial charge in [-0.2, -0.15) is 0 Å². The topological polar surface area (TPSA) is 91.9 Å². The van der Waals surface area contributed by atoms with E-state index in [9.17, 15) is 13.2 Å². The maximum absolute atomic E-state index is 11.5. The summed E-state index contributed by atoms with van der Waals surface area (Å²) in [7, 11) is -2.86. The number of aromatic nitrogens is 2. The predicted octanol–water partition coefficient (Wildman–Crippen LogP) is -0.0538. The zero-order valence-electron chi connectivity index (χ0n) is 9.76. The number of aromatic amines is 1. The Bertz CT molecular complexity index is 498. The second-order valence-electron chi connectivity index (χ2n) is 4.19. The van der Waals surface area contributed by atoms with Gasteiger partial charge in [0.2, 0.25) is 5.91 Å². The van der Waals surface area contributed by atoms with Gasteiger partial charge in [0.05, 0.1) is 35.8 Å². The molecule has 0 saturated carbocycles. The van der Waals surface area contributed by atoms with Crippen LogP contribution in [0.3, 0.4) is 0 Å². The summed E-state index contributed by atoms with van der Waals surface area (Å²) in [5, 5.41) is 2.81. The highest BCUT2D eigenvalue weighted by molar-refractivity contribution is 8.02. The van der Waals surface area contributed by atoms with Crippen molar-refractivity contribution in [3.05, 3.63) is 18.2 Å². The molecule has 1 unspecified atom stereocenters. The van der Waals surface area contributed by atoms with Gasteiger partial charge in [-0.3, -0.25) is 4.79 Å². The van der Waals surface area contributed by atoms with Crippen LogP contribution in [0.25, 0.3) is 0 Å². The minimum absolute atomic E-state index is 0.0629. The number of rotatable bonds is 5. The number of imidazole rings is 1. The molecule has 1 aromatic heterocycles. The van der Waals surface area contributed by atoms with Crippen molar-refractivity contribution in [1.82, 2.24) is 15.3 Å². The molecule has 0 aliphatic carbocycles. The molecule has 0 bridgehead atoms.